The average molecular weight is 313 g/mol. The van der Waals surface area contributed by atoms with Crippen molar-refractivity contribution in [1.82, 2.24) is 4.31 Å². The van der Waals surface area contributed by atoms with Gasteiger partial charge in [0.05, 0.1) is 4.75 Å². The maximum atomic E-state index is 13.5. The number of hydrogen-bond donors (Lipinski definition) is 0. The molecule has 0 radical (unpaired) electrons. The molecule has 0 aromatic rings. The van der Waals surface area contributed by atoms with Gasteiger partial charge in [0.25, 0.3) is 0 Å². The van der Waals surface area contributed by atoms with E-state index in [-0.39, 0.29) is 4.31 Å². The molecule has 20 heavy (non-hydrogen) atoms. The third-order valence-corrected chi connectivity index (χ3v) is 7.27. The SMILES string of the molecule is CN(S(=O)C12CC3CC(CC(C3)C1)C2)C(F)(F)C(F)F. The number of alkyl halides is 4. The molecule has 0 amide bonds. The summed E-state index contributed by atoms with van der Waals surface area (Å²) >= 11 is 0. The lowest BCUT2D eigenvalue weighted by Crippen LogP contribution is -2.59. The monoisotopic (exact) mass is 313 g/mol. The Morgan fingerprint density at radius 2 is 1.50 bits per heavy atom. The Kier molecular flexibility index (Phi) is 3.44. The molecular weight excluding hydrogens is 294 g/mol. The molecule has 4 aliphatic rings. The molecule has 1 atom stereocenters. The number of hydrogen-bond acceptors (Lipinski definition) is 1. The van der Waals surface area contributed by atoms with E-state index in [2.05, 4.69) is 0 Å². The number of nitrogens with zero attached hydrogens (tertiary/aromatic N) is 1. The second kappa shape index (κ2) is 4.66. The summed E-state index contributed by atoms with van der Waals surface area (Å²) in [5, 5.41) is 0. The third-order valence-electron chi connectivity index (χ3n) is 5.28. The lowest BCUT2D eigenvalue weighted by atomic mass is 9.56. The molecule has 7 heteroatoms. The minimum absolute atomic E-state index is 0.116. The normalized spacial score (nSPS) is 41.6. The van der Waals surface area contributed by atoms with E-state index in [0.717, 1.165) is 26.3 Å². The standard InChI is InChI=1S/C13H19F4NOS/c1-18(13(16,17)11(14)15)20(19)12-5-8-2-9(6-12)4-10(3-8)7-12/h8-11H,2-7H2,1H3. The second-order valence-corrected chi connectivity index (χ2v) is 8.65. The highest BCUT2D eigenvalue weighted by Crippen LogP contribution is 2.58. The minimum atomic E-state index is -4.33. The van der Waals surface area contributed by atoms with Crippen LogP contribution in [0.5, 0.6) is 0 Å². The topological polar surface area (TPSA) is 20.3 Å². The summed E-state index contributed by atoms with van der Waals surface area (Å²) in [6.07, 6.45) is 1.40. The zero-order valence-corrected chi connectivity index (χ0v) is 12.1. The minimum Gasteiger partial charge on any atom is -0.242 e. The van der Waals surface area contributed by atoms with Crippen LogP contribution in [0.15, 0.2) is 0 Å². The Bertz CT molecular complexity index is 393. The highest BCUT2D eigenvalue weighted by molar-refractivity contribution is 7.84. The fourth-order valence-electron chi connectivity index (χ4n) is 4.78. The van der Waals surface area contributed by atoms with Gasteiger partial charge in [-0.25, -0.2) is 13.0 Å². The van der Waals surface area contributed by atoms with Crippen molar-refractivity contribution in [3.8, 4) is 0 Å². The first-order valence-electron chi connectivity index (χ1n) is 7.06. The van der Waals surface area contributed by atoms with Crippen LogP contribution in [0.1, 0.15) is 38.5 Å². The predicted molar refractivity (Wildman–Crippen MR) is 67.8 cm³/mol. The van der Waals surface area contributed by atoms with Crippen LogP contribution in [0.4, 0.5) is 17.6 Å². The molecule has 4 rings (SSSR count). The Balaban J connectivity index is 1.83. The van der Waals surface area contributed by atoms with Gasteiger partial charge in [0.2, 0.25) is 0 Å². The highest BCUT2D eigenvalue weighted by atomic mass is 32.2. The van der Waals surface area contributed by atoms with E-state index in [0.29, 0.717) is 37.0 Å². The second-order valence-electron chi connectivity index (χ2n) is 6.74. The quantitative estimate of drug-likeness (QED) is 0.575. The molecule has 4 bridgehead atoms. The lowest BCUT2D eigenvalue weighted by molar-refractivity contribution is -0.188. The Labute approximate surface area is 118 Å². The van der Waals surface area contributed by atoms with E-state index >= 15 is 0 Å². The molecular formula is C13H19F4NOS. The fraction of sp³-hybridized carbons (Fsp3) is 1.00. The molecule has 0 saturated heterocycles. The van der Waals surface area contributed by atoms with Gasteiger partial charge in [-0.15, -0.1) is 0 Å². The first kappa shape index (κ1) is 14.8. The molecule has 4 aliphatic carbocycles. The van der Waals surface area contributed by atoms with Crippen molar-refractivity contribution in [3.63, 3.8) is 0 Å². The van der Waals surface area contributed by atoms with Crippen molar-refractivity contribution < 1.29 is 21.8 Å². The van der Waals surface area contributed by atoms with Gasteiger partial charge in [-0.1, -0.05) is 0 Å². The van der Waals surface area contributed by atoms with Crippen LogP contribution < -0.4 is 0 Å². The maximum Gasteiger partial charge on any atom is 0.375 e. The van der Waals surface area contributed by atoms with E-state index in [1.807, 2.05) is 0 Å². The van der Waals surface area contributed by atoms with Crippen LogP contribution in [0, 0.1) is 17.8 Å². The Morgan fingerprint density at radius 1 is 1.10 bits per heavy atom. The molecule has 0 aromatic carbocycles. The summed E-state index contributed by atoms with van der Waals surface area (Å²) in [4.78, 5) is 0. The molecule has 4 fully saturated rings. The van der Waals surface area contributed by atoms with Crippen LogP contribution in [-0.4, -0.2) is 32.8 Å². The zero-order valence-electron chi connectivity index (χ0n) is 11.3. The molecule has 0 heterocycles. The molecule has 0 N–H and O–H groups in total. The van der Waals surface area contributed by atoms with Crippen molar-refractivity contribution in [2.24, 2.45) is 17.8 Å². The molecule has 116 valence electrons. The smallest absolute Gasteiger partial charge is 0.242 e. The van der Waals surface area contributed by atoms with Gasteiger partial charge in [-0.2, -0.15) is 13.1 Å². The van der Waals surface area contributed by atoms with Gasteiger partial charge in [-0.3, -0.25) is 0 Å². The number of rotatable bonds is 4. The van der Waals surface area contributed by atoms with E-state index < -0.39 is 28.2 Å². The van der Waals surface area contributed by atoms with Crippen LogP contribution in [-0.2, 0) is 11.0 Å². The molecule has 0 aliphatic heterocycles. The largest absolute Gasteiger partial charge is 0.375 e. The Hall–Kier alpha value is -0.170. The van der Waals surface area contributed by atoms with Crippen molar-refractivity contribution in [3.05, 3.63) is 0 Å². The summed E-state index contributed by atoms with van der Waals surface area (Å²) in [6, 6.07) is -4.33. The fourth-order valence-corrected chi connectivity index (χ4v) is 6.80. The van der Waals surface area contributed by atoms with Gasteiger partial charge in [0.1, 0.15) is 11.0 Å². The molecule has 0 aromatic heterocycles. The first-order valence-corrected chi connectivity index (χ1v) is 8.17. The van der Waals surface area contributed by atoms with Crippen LogP contribution in [0.25, 0.3) is 0 Å². The summed E-state index contributed by atoms with van der Waals surface area (Å²) in [5.41, 5.74) is 0. The van der Waals surface area contributed by atoms with E-state index in [1.165, 1.54) is 0 Å². The van der Waals surface area contributed by atoms with Crippen molar-refractivity contribution in [2.45, 2.75) is 55.7 Å². The lowest BCUT2D eigenvalue weighted by Gasteiger charge is -2.56. The summed E-state index contributed by atoms with van der Waals surface area (Å²) in [7, 11) is -1.19. The maximum absolute atomic E-state index is 13.5. The van der Waals surface area contributed by atoms with Crippen LogP contribution >= 0.6 is 0 Å². The average Bonchev–Trinajstić information content (AvgIpc) is 2.35. The highest BCUT2D eigenvalue weighted by Gasteiger charge is 2.58. The summed E-state index contributed by atoms with van der Waals surface area (Å²) in [5.74, 6) is 1.33. The molecule has 4 saturated carbocycles. The van der Waals surface area contributed by atoms with Crippen LogP contribution in [0.2, 0.25) is 0 Å². The third kappa shape index (κ3) is 2.12. The summed E-state index contributed by atoms with van der Waals surface area (Å²) < 4.78 is 63.8. The van der Waals surface area contributed by atoms with Gasteiger partial charge >= 0.3 is 12.5 Å². The van der Waals surface area contributed by atoms with Gasteiger partial charge < -0.3 is 0 Å². The Morgan fingerprint density at radius 3 is 1.85 bits per heavy atom. The van der Waals surface area contributed by atoms with Gasteiger partial charge in [-0.05, 0) is 56.3 Å². The van der Waals surface area contributed by atoms with E-state index in [1.54, 1.807) is 0 Å². The first-order chi connectivity index (χ1) is 9.24. The van der Waals surface area contributed by atoms with Gasteiger partial charge in [0.15, 0.2) is 0 Å². The number of halogens is 4. The van der Waals surface area contributed by atoms with Crippen molar-refractivity contribution in [2.75, 3.05) is 7.05 Å². The van der Waals surface area contributed by atoms with E-state index in [9.17, 15) is 21.8 Å². The molecule has 1 unspecified atom stereocenters. The molecule has 2 nitrogen and oxygen atoms in total. The van der Waals surface area contributed by atoms with E-state index in [4.69, 9.17) is 0 Å². The predicted octanol–water partition coefficient (Wildman–Crippen LogP) is 3.41. The van der Waals surface area contributed by atoms with Crippen molar-refractivity contribution >= 4 is 11.0 Å². The summed E-state index contributed by atoms with van der Waals surface area (Å²) in [6.45, 7) is 0. The van der Waals surface area contributed by atoms with Gasteiger partial charge in [0, 0.05) is 7.05 Å². The molecule has 0 spiro atoms. The zero-order chi connectivity index (χ0) is 14.7. The van der Waals surface area contributed by atoms with Crippen molar-refractivity contribution in [1.29, 1.82) is 0 Å². The van der Waals surface area contributed by atoms with Crippen LogP contribution in [0.3, 0.4) is 0 Å².